The van der Waals surface area contributed by atoms with Crippen LogP contribution in [0.2, 0.25) is 0 Å². The Hall–Kier alpha value is -2.07. The van der Waals surface area contributed by atoms with Gasteiger partial charge in [0.25, 0.3) is 0 Å². The summed E-state index contributed by atoms with van der Waals surface area (Å²) in [5, 5.41) is 2.03. The van der Waals surface area contributed by atoms with E-state index in [1.807, 2.05) is 36.4 Å². The Morgan fingerprint density at radius 3 is 2.37 bits per heavy atom. The molecule has 0 aliphatic rings. The van der Waals surface area contributed by atoms with E-state index < -0.39 is 11.5 Å². The minimum absolute atomic E-state index is 0.458. The van der Waals surface area contributed by atoms with Crippen molar-refractivity contribution >= 4 is 16.7 Å². The fourth-order valence-corrected chi connectivity index (χ4v) is 2.00. The summed E-state index contributed by atoms with van der Waals surface area (Å²) in [5.41, 5.74) is 5.61. The molecule has 2 aromatic carbocycles. The van der Waals surface area contributed by atoms with Crippen LogP contribution in [0.15, 0.2) is 36.4 Å². The van der Waals surface area contributed by atoms with E-state index in [0.29, 0.717) is 0 Å². The molecule has 2 N–H and O–H groups in total. The molecule has 1 atom stereocenters. The Labute approximate surface area is 112 Å². The molecule has 0 aliphatic carbocycles. The number of rotatable bonds is 3. The van der Waals surface area contributed by atoms with Gasteiger partial charge in [0.2, 0.25) is 0 Å². The van der Waals surface area contributed by atoms with Crippen LogP contribution in [0.1, 0.15) is 12.5 Å². The maximum Gasteiger partial charge on any atom is 0.330 e. The Morgan fingerprint density at radius 2 is 1.74 bits per heavy atom. The summed E-state index contributed by atoms with van der Waals surface area (Å²) in [5.74, 6) is 0.337. The molecule has 0 aromatic heterocycles. The topological polar surface area (TPSA) is 61.5 Å². The van der Waals surface area contributed by atoms with Crippen LogP contribution in [0, 0.1) is 0 Å². The molecule has 0 heterocycles. The molecule has 19 heavy (non-hydrogen) atoms. The lowest BCUT2D eigenvalue weighted by molar-refractivity contribution is -0.146. The summed E-state index contributed by atoms with van der Waals surface area (Å²) in [6.07, 6.45) is 0. The van der Waals surface area contributed by atoms with Gasteiger partial charge in [0, 0.05) is 0 Å². The van der Waals surface area contributed by atoms with E-state index in [0.717, 1.165) is 22.1 Å². The van der Waals surface area contributed by atoms with Crippen LogP contribution in [0.4, 0.5) is 0 Å². The minimum atomic E-state index is -1.15. The smallest absolute Gasteiger partial charge is 0.330 e. The maximum absolute atomic E-state index is 11.7. The molecule has 2 aromatic rings. The van der Waals surface area contributed by atoms with E-state index >= 15 is 0 Å². The number of hydrogen-bond acceptors (Lipinski definition) is 4. The minimum Gasteiger partial charge on any atom is -0.497 e. The zero-order chi connectivity index (χ0) is 14.0. The van der Waals surface area contributed by atoms with Crippen LogP contribution in [0.5, 0.6) is 5.75 Å². The normalized spacial score (nSPS) is 13.9. The molecule has 0 amide bonds. The average molecular weight is 259 g/mol. The average Bonchev–Trinajstić information content (AvgIpc) is 2.44. The number of fused-ring (bicyclic) bond motifs is 1. The van der Waals surface area contributed by atoms with Gasteiger partial charge in [0.15, 0.2) is 0 Å². The van der Waals surface area contributed by atoms with Crippen molar-refractivity contribution in [2.24, 2.45) is 5.73 Å². The van der Waals surface area contributed by atoms with Crippen LogP contribution in [0.25, 0.3) is 10.8 Å². The highest BCUT2D eigenvalue weighted by Gasteiger charge is 2.31. The summed E-state index contributed by atoms with van der Waals surface area (Å²) in [4.78, 5) is 11.7. The number of benzene rings is 2. The molecule has 0 radical (unpaired) electrons. The highest BCUT2D eigenvalue weighted by Crippen LogP contribution is 2.26. The van der Waals surface area contributed by atoms with Gasteiger partial charge in [-0.25, -0.2) is 4.79 Å². The van der Waals surface area contributed by atoms with Gasteiger partial charge in [0.1, 0.15) is 11.3 Å². The van der Waals surface area contributed by atoms with Gasteiger partial charge < -0.3 is 15.2 Å². The van der Waals surface area contributed by atoms with Gasteiger partial charge in [-0.3, -0.25) is 0 Å². The first-order valence-corrected chi connectivity index (χ1v) is 5.94. The van der Waals surface area contributed by atoms with Crippen LogP contribution < -0.4 is 10.5 Å². The van der Waals surface area contributed by atoms with Crippen molar-refractivity contribution in [1.29, 1.82) is 0 Å². The summed E-state index contributed by atoms with van der Waals surface area (Å²) < 4.78 is 9.91. The standard InChI is InChI=1S/C15H17NO3/c1-15(16,14(17)19-3)12-6-4-11-9-13(18-2)7-5-10(11)8-12/h4-9H,16H2,1-3H3. The van der Waals surface area contributed by atoms with Crippen molar-refractivity contribution in [3.8, 4) is 5.75 Å². The van der Waals surface area contributed by atoms with E-state index in [9.17, 15) is 4.79 Å². The predicted octanol–water partition coefficient (Wildman–Crippen LogP) is 2.20. The lowest BCUT2D eigenvalue weighted by atomic mass is 9.91. The molecule has 4 heteroatoms. The SMILES string of the molecule is COC(=O)C(C)(N)c1ccc2cc(OC)ccc2c1. The van der Waals surface area contributed by atoms with E-state index in [-0.39, 0.29) is 0 Å². The van der Waals surface area contributed by atoms with Crippen molar-refractivity contribution < 1.29 is 14.3 Å². The fraction of sp³-hybridized carbons (Fsp3) is 0.267. The molecule has 4 nitrogen and oxygen atoms in total. The van der Waals surface area contributed by atoms with Crippen molar-refractivity contribution in [2.75, 3.05) is 14.2 Å². The second-order valence-corrected chi connectivity index (χ2v) is 4.62. The van der Waals surface area contributed by atoms with Crippen molar-refractivity contribution in [3.63, 3.8) is 0 Å². The molecular formula is C15H17NO3. The van der Waals surface area contributed by atoms with Gasteiger partial charge in [-0.1, -0.05) is 18.2 Å². The molecule has 100 valence electrons. The maximum atomic E-state index is 11.7. The Kier molecular flexibility index (Phi) is 3.44. The van der Waals surface area contributed by atoms with E-state index in [2.05, 4.69) is 0 Å². The number of hydrogen-bond donors (Lipinski definition) is 1. The quantitative estimate of drug-likeness (QED) is 0.858. The first kappa shape index (κ1) is 13.4. The summed E-state index contributed by atoms with van der Waals surface area (Å²) in [6, 6.07) is 11.4. The molecule has 0 aliphatic heterocycles. The Balaban J connectivity index is 2.50. The molecule has 1 unspecified atom stereocenters. The molecule has 0 bridgehead atoms. The molecular weight excluding hydrogens is 242 g/mol. The van der Waals surface area contributed by atoms with Gasteiger partial charge in [-0.2, -0.15) is 0 Å². The van der Waals surface area contributed by atoms with Crippen molar-refractivity contribution in [2.45, 2.75) is 12.5 Å². The van der Waals surface area contributed by atoms with Crippen molar-refractivity contribution in [1.82, 2.24) is 0 Å². The number of carbonyl (C=O) groups excluding carboxylic acids is 1. The van der Waals surface area contributed by atoms with Gasteiger partial charge in [-0.05, 0) is 41.5 Å². The summed E-state index contributed by atoms with van der Waals surface area (Å²) in [6.45, 7) is 1.64. The van der Waals surface area contributed by atoms with E-state index in [4.69, 9.17) is 15.2 Å². The monoisotopic (exact) mass is 259 g/mol. The third-order valence-corrected chi connectivity index (χ3v) is 3.26. The third kappa shape index (κ3) is 2.39. The number of esters is 1. The van der Waals surface area contributed by atoms with Crippen molar-refractivity contribution in [3.05, 3.63) is 42.0 Å². The second kappa shape index (κ2) is 4.90. The highest BCUT2D eigenvalue weighted by atomic mass is 16.5. The van der Waals surface area contributed by atoms with Crippen LogP contribution in [-0.4, -0.2) is 20.2 Å². The third-order valence-electron chi connectivity index (χ3n) is 3.26. The van der Waals surface area contributed by atoms with Gasteiger partial charge in [0.05, 0.1) is 14.2 Å². The number of carbonyl (C=O) groups is 1. The largest absolute Gasteiger partial charge is 0.497 e. The van der Waals surface area contributed by atoms with E-state index in [1.54, 1.807) is 14.0 Å². The summed E-state index contributed by atoms with van der Waals surface area (Å²) in [7, 11) is 2.96. The highest BCUT2D eigenvalue weighted by molar-refractivity contribution is 5.88. The lowest BCUT2D eigenvalue weighted by Crippen LogP contribution is -2.42. The lowest BCUT2D eigenvalue weighted by Gasteiger charge is -2.22. The molecule has 2 rings (SSSR count). The molecule has 0 saturated carbocycles. The first-order chi connectivity index (χ1) is 8.98. The van der Waals surface area contributed by atoms with Gasteiger partial charge >= 0.3 is 5.97 Å². The van der Waals surface area contributed by atoms with E-state index in [1.165, 1.54) is 7.11 Å². The zero-order valence-corrected chi connectivity index (χ0v) is 11.3. The second-order valence-electron chi connectivity index (χ2n) is 4.62. The zero-order valence-electron chi connectivity index (χ0n) is 11.3. The Morgan fingerprint density at radius 1 is 1.11 bits per heavy atom. The molecule has 0 spiro atoms. The first-order valence-electron chi connectivity index (χ1n) is 5.94. The van der Waals surface area contributed by atoms with Crippen LogP contribution >= 0.6 is 0 Å². The van der Waals surface area contributed by atoms with Gasteiger partial charge in [-0.15, -0.1) is 0 Å². The van der Waals surface area contributed by atoms with Crippen LogP contribution in [-0.2, 0) is 15.1 Å². The number of ether oxygens (including phenoxy) is 2. The predicted molar refractivity (Wildman–Crippen MR) is 74.1 cm³/mol. The van der Waals surface area contributed by atoms with Crippen LogP contribution in [0.3, 0.4) is 0 Å². The molecule has 0 saturated heterocycles. The fourth-order valence-electron chi connectivity index (χ4n) is 2.00. The molecule has 0 fully saturated rings. The number of nitrogens with two attached hydrogens (primary N) is 1. The summed E-state index contributed by atoms with van der Waals surface area (Å²) >= 11 is 0. The number of methoxy groups -OCH3 is 2. The Bertz CT molecular complexity index is 620.